The molecule has 0 aliphatic heterocycles. The zero-order chi connectivity index (χ0) is 57.2. The number of carbonyl (C=O) groups excluding carboxylic acids is 8. The van der Waals surface area contributed by atoms with Gasteiger partial charge in [0.2, 0.25) is 34.0 Å². The van der Waals surface area contributed by atoms with Crippen molar-refractivity contribution in [3.8, 4) is 0 Å². The van der Waals surface area contributed by atoms with Gasteiger partial charge in [0, 0.05) is 45.6 Å². The van der Waals surface area contributed by atoms with Crippen LogP contribution in [0.1, 0.15) is 85.3 Å². The van der Waals surface area contributed by atoms with E-state index in [1.807, 2.05) is 0 Å². The van der Waals surface area contributed by atoms with Gasteiger partial charge >= 0.3 is 23.9 Å². The third-order valence-corrected chi connectivity index (χ3v) is 16.1. The van der Waals surface area contributed by atoms with E-state index in [0.717, 1.165) is 24.3 Å². The Labute approximate surface area is 468 Å². The minimum absolute atomic E-state index is 0.285. The summed E-state index contributed by atoms with van der Waals surface area (Å²) < 4.78 is 84.8. The van der Waals surface area contributed by atoms with Crippen LogP contribution in [-0.4, -0.2) is 57.0 Å². The van der Waals surface area contributed by atoms with Gasteiger partial charge in [0.15, 0.2) is 0 Å². The summed E-state index contributed by atoms with van der Waals surface area (Å²) in [7, 11) is 0. The molecule has 4 aliphatic rings. The van der Waals surface area contributed by atoms with Gasteiger partial charge in [-0.15, -0.1) is 22.7 Å². The van der Waals surface area contributed by atoms with Crippen LogP contribution in [0.15, 0.2) is 146 Å². The average Bonchev–Trinajstić information content (AvgIpc) is 1.71. The van der Waals surface area contributed by atoms with Gasteiger partial charge in [-0.2, -0.15) is 0 Å². The number of allylic oxidation sites excluding steroid dienone is 2. The molecule has 0 amide bonds. The number of hydrogen-bond acceptors (Lipinski definition) is 16. The number of thiazole rings is 2. The summed E-state index contributed by atoms with van der Waals surface area (Å²) in [5.41, 5.74) is -9.75. The maximum absolute atomic E-state index is 15.9. The number of rotatable bonds is 14. The van der Waals surface area contributed by atoms with Crippen LogP contribution < -0.4 is 0 Å². The number of hydrogen-bond donors (Lipinski definition) is 0. The number of halogens is 4. The van der Waals surface area contributed by atoms with Gasteiger partial charge in [-0.3, -0.25) is 38.4 Å². The first-order valence-electron chi connectivity index (χ1n) is 24.8. The van der Waals surface area contributed by atoms with Gasteiger partial charge in [0.25, 0.3) is 0 Å². The van der Waals surface area contributed by atoms with Gasteiger partial charge in [0.1, 0.15) is 59.7 Å². The second-order valence-electron chi connectivity index (χ2n) is 19.0. The van der Waals surface area contributed by atoms with Crippen molar-refractivity contribution in [2.45, 2.75) is 37.3 Å². The molecule has 0 saturated carbocycles. The Bertz CT molecular complexity index is 3830. The molecule has 8 aromatic rings. The highest BCUT2D eigenvalue weighted by molar-refractivity contribution is 7.16. The summed E-state index contributed by atoms with van der Waals surface area (Å²) in [5, 5.41) is -0.608. The van der Waals surface area contributed by atoms with E-state index in [1.54, 1.807) is 121 Å². The second kappa shape index (κ2) is 20.6. The highest BCUT2D eigenvalue weighted by Crippen LogP contribution is 2.67. The summed E-state index contributed by atoms with van der Waals surface area (Å²) in [6.07, 6.45) is 2.01. The van der Waals surface area contributed by atoms with E-state index in [4.69, 9.17) is 28.9 Å². The van der Waals surface area contributed by atoms with Crippen LogP contribution in [0.25, 0.3) is 34.4 Å². The first-order chi connectivity index (χ1) is 39.6. The van der Waals surface area contributed by atoms with Gasteiger partial charge in [0.05, 0.1) is 32.3 Å². The lowest BCUT2D eigenvalue weighted by molar-refractivity contribution is -0.165. The van der Waals surface area contributed by atoms with Crippen molar-refractivity contribution in [1.82, 2.24) is 9.97 Å². The van der Waals surface area contributed by atoms with Crippen molar-refractivity contribution in [3.05, 3.63) is 245 Å². The zero-order valence-electron chi connectivity index (χ0n) is 42.0. The minimum atomic E-state index is -3.02. The predicted molar refractivity (Wildman–Crippen MR) is 286 cm³/mol. The molecule has 404 valence electrons. The topological polar surface area (TPSA) is 199 Å². The number of fused-ring (bicyclic) bond motifs is 6. The lowest BCUT2D eigenvalue weighted by Crippen LogP contribution is -2.46. The Morgan fingerprint density at radius 1 is 0.427 bits per heavy atom. The fourth-order valence-corrected chi connectivity index (χ4v) is 12.7. The maximum atomic E-state index is 15.9. The van der Waals surface area contributed by atoms with E-state index in [9.17, 15) is 28.0 Å². The summed E-state index contributed by atoms with van der Waals surface area (Å²) in [6.45, 7) is -2.02. The Morgan fingerprint density at radius 3 is 1.01 bits per heavy atom. The Kier molecular flexibility index (Phi) is 13.3. The molecule has 2 heterocycles. The van der Waals surface area contributed by atoms with Gasteiger partial charge in [-0.25, -0.2) is 27.5 Å². The van der Waals surface area contributed by atoms with E-state index in [1.165, 1.54) is 0 Å². The van der Waals surface area contributed by atoms with Crippen molar-refractivity contribution < 1.29 is 74.9 Å². The highest BCUT2D eigenvalue weighted by Gasteiger charge is 2.73. The van der Waals surface area contributed by atoms with Crippen molar-refractivity contribution >= 4 is 104 Å². The Hall–Kier alpha value is -9.92. The molecule has 0 bridgehead atoms. The van der Waals surface area contributed by atoms with Crippen LogP contribution in [0.5, 0.6) is 0 Å². The zero-order valence-corrected chi connectivity index (χ0v) is 43.6. The molecule has 0 saturated heterocycles. The molecule has 0 fully saturated rings. The molecular weight excluding hydrogens is 1100 g/mol. The van der Waals surface area contributed by atoms with Crippen molar-refractivity contribution in [2.24, 2.45) is 0 Å². The van der Waals surface area contributed by atoms with Crippen LogP contribution in [0.4, 0.5) is 17.6 Å². The third kappa shape index (κ3) is 8.52. The molecular formula is C62H34F4N2O12S2. The first kappa shape index (κ1) is 52.8. The second-order valence-corrected chi connectivity index (χ2v) is 21.1. The van der Waals surface area contributed by atoms with Crippen LogP contribution in [0.3, 0.4) is 0 Å². The molecule has 4 aliphatic carbocycles. The SMILES string of the molecule is O=C1C(=O)c2c(F)cc(F)cc2/C1=C/c1nc2c(s1)C1=C(c3sc(/C=C4\C(=O)C(=O)c5c(F)cc(F)cc54)nc3C1(C(=O)OCc1ccccc1)C(=O)OCc1ccccc1)C2(C(=O)OCc1ccccc1)C(=O)OCc1ccccc1. The van der Waals surface area contributed by atoms with Gasteiger partial charge < -0.3 is 18.9 Å². The number of aromatic nitrogens is 2. The summed E-state index contributed by atoms with van der Waals surface area (Å²) >= 11 is 1.18. The number of carbonyl (C=O) groups is 8. The number of esters is 4. The molecule has 20 heteroatoms. The van der Waals surface area contributed by atoms with Gasteiger partial charge in [-0.05, 0) is 46.5 Å². The molecule has 6 aromatic carbocycles. The molecule has 0 radical (unpaired) electrons. The lowest BCUT2D eigenvalue weighted by Gasteiger charge is -2.27. The molecule has 12 rings (SSSR count). The number of benzene rings is 6. The van der Waals surface area contributed by atoms with Gasteiger partial charge in [-0.1, -0.05) is 121 Å². The normalized spacial score (nSPS) is 16.0. The molecule has 82 heavy (non-hydrogen) atoms. The predicted octanol–water partition coefficient (Wildman–Crippen LogP) is 10.2. The average molecular weight is 1140 g/mol. The van der Waals surface area contributed by atoms with Crippen LogP contribution >= 0.6 is 22.7 Å². The van der Waals surface area contributed by atoms with E-state index < -0.39 is 163 Å². The third-order valence-electron chi connectivity index (χ3n) is 14.1. The van der Waals surface area contributed by atoms with E-state index in [0.29, 0.717) is 57.1 Å². The summed E-state index contributed by atoms with van der Waals surface area (Å²) in [5.74, 6) is -15.6. The van der Waals surface area contributed by atoms with E-state index in [2.05, 4.69) is 0 Å². The molecule has 0 N–H and O–H groups in total. The van der Waals surface area contributed by atoms with Crippen molar-refractivity contribution in [2.75, 3.05) is 0 Å². The molecule has 0 spiro atoms. The number of Topliss-reactive ketones (excluding diaryl/α,β-unsaturated/α-hetero) is 4. The first-order valence-corrected chi connectivity index (χ1v) is 26.5. The quantitative estimate of drug-likeness (QED) is 0.0249. The van der Waals surface area contributed by atoms with Crippen molar-refractivity contribution in [3.63, 3.8) is 0 Å². The Balaban J connectivity index is 1.16. The number of ether oxygens (including phenoxy) is 4. The fourth-order valence-electron chi connectivity index (χ4n) is 10.4. The summed E-state index contributed by atoms with van der Waals surface area (Å²) in [6, 6.07) is 35.4. The van der Waals surface area contributed by atoms with Crippen LogP contribution in [0.2, 0.25) is 0 Å². The van der Waals surface area contributed by atoms with E-state index in [-0.39, 0.29) is 19.8 Å². The molecule has 0 atom stereocenters. The van der Waals surface area contributed by atoms with Crippen LogP contribution in [0, 0.1) is 23.3 Å². The largest absolute Gasteiger partial charge is 0.459 e. The maximum Gasteiger partial charge on any atom is 0.334 e. The molecule has 0 unspecified atom stereocenters. The highest BCUT2D eigenvalue weighted by atomic mass is 32.1. The fraction of sp³-hybridized carbons (Fsp3) is 0.0968. The van der Waals surface area contributed by atoms with Crippen molar-refractivity contribution in [1.29, 1.82) is 0 Å². The Morgan fingerprint density at radius 2 is 0.720 bits per heavy atom. The van der Waals surface area contributed by atoms with E-state index >= 15 is 28.0 Å². The minimum Gasteiger partial charge on any atom is -0.459 e. The molecule has 14 nitrogen and oxygen atoms in total. The number of nitrogens with zero attached hydrogens (tertiary/aromatic N) is 2. The molecule has 2 aromatic heterocycles. The summed E-state index contributed by atoms with van der Waals surface area (Å²) in [4.78, 5) is 127. The standard InChI is InChI=1S/C62H34F4N2O12S2/c63-35-21-37-39(49(69)51(71)45(37)41(65)23-35)25-43-67-55-54(82-43)48-47(61(55,57(73)77-27-31-13-5-1-6-14-31)58(74)78-28-32-15-7-2-8-16-32)53-56(68-44(81-53)26-40-38-22-36(64)24-42(66)46(38)52(72)50(40)70)62(48,59(75)79-29-33-17-9-3-10-18-33)60(76)80-30-34-19-11-4-12-20-34/h1-26H,27-30H2/b39-25-,40-26-. The number of ketones is 4. The van der Waals surface area contributed by atoms with Crippen LogP contribution in [-0.2, 0) is 85.0 Å². The lowest BCUT2D eigenvalue weighted by atomic mass is 9.79. The monoisotopic (exact) mass is 1140 g/mol. The smallest absolute Gasteiger partial charge is 0.334 e.